The minimum Gasteiger partial charge on any atom is -0.469 e. The molecule has 88 valence electrons. The number of Topliss-reactive ketones (excluding diaryl/α,β-unsaturated/α-hetero) is 1. The van der Waals surface area contributed by atoms with Crippen molar-refractivity contribution in [3.05, 3.63) is 24.2 Å². The van der Waals surface area contributed by atoms with Crippen molar-refractivity contribution >= 4 is 5.78 Å². The van der Waals surface area contributed by atoms with E-state index in [4.69, 9.17) is 4.42 Å². The van der Waals surface area contributed by atoms with E-state index < -0.39 is 0 Å². The van der Waals surface area contributed by atoms with Gasteiger partial charge in [-0.3, -0.25) is 4.79 Å². The number of rotatable bonds is 3. The van der Waals surface area contributed by atoms with Crippen LogP contribution in [0.3, 0.4) is 0 Å². The van der Waals surface area contributed by atoms with Crippen LogP contribution >= 0.6 is 0 Å². The normalized spacial score (nSPS) is 26.3. The third kappa shape index (κ3) is 2.55. The summed E-state index contributed by atoms with van der Waals surface area (Å²) in [6.45, 7) is 4.51. The Morgan fingerprint density at radius 1 is 1.50 bits per heavy atom. The molecule has 16 heavy (non-hydrogen) atoms. The van der Waals surface area contributed by atoms with Gasteiger partial charge in [-0.25, -0.2) is 0 Å². The average Bonchev–Trinajstić information content (AvgIpc) is 2.73. The topological polar surface area (TPSA) is 30.2 Å². The van der Waals surface area contributed by atoms with Gasteiger partial charge in [0.05, 0.1) is 6.26 Å². The summed E-state index contributed by atoms with van der Waals surface area (Å²) in [5, 5.41) is 0. The first kappa shape index (κ1) is 11.4. The van der Waals surface area contributed by atoms with Crippen LogP contribution < -0.4 is 0 Å². The Bertz CT molecular complexity index is 338. The van der Waals surface area contributed by atoms with E-state index in [-0.39, 0.29) is 5.92 Å². The van der Waals surface area contributed by atoms with Crippen LogP contribution in [0, 0.1) is 17.8 Å². The van der Waals surface area contributed by atoms with E-state index in [0.717, 1.165) is 31.4 Å². The largest absolute Gasteiger partial charge is 0.469 e. The van der Waals surface area contributed by atoms with Crippen LogP contribution in [0.25, 0.3) is 0 Å². The Balaban J connectivity index is 1.99. The number of hydrogen-bond acceptors (Lipinski definition) is 2. The number of carbonyl (C=O) groups is 1. The first-order valence-electron chi connectivity index (χ1n) is 6.22. The minimum absolute atomic E-state index is 0.187. The van der Waals surface area contributed by atoms with Crippen molar-refractivity contribution in [1.82, 2.24) is 0 Å². The van der Waals surface area contributed by atoms with Gasteiger partial charge >= 0.3 is 0 Å². The molecule has 0 aliphatic heterocycles. The summed E-state index contributed by atoms with van der Waals surface area (Å²) in [7, 11) is 0. The van der Waals surface area contributed by atoms with Crippen molar-refractivity contribution in [3.63, 3.8) is 0 Å². The summed E-state index contributed by atoms with van der Waals surface area (Å²) in [5.74, 6) is 2.95. The molecule has 1 aromatic rings. The molecule has 1 saturated carbocycles. The molecule has 0 amide bonds. The second-order valence-corrected chi connectivity index (χ2v) is 5.23. The molecule has 0 saturated heterocycles. The Morgan fingerprint density at radius 3 is 2.94 bits per heavy atom. The fourth-order valence-electron chi connectivity index (χ4n) is 2.62. The van der Waals surface area contributed by atoms with Gasteiger partial charge in [0.25, 0.3) is 0 Å². The maximum absolute atomic E-state index is 11.8. The molecule has 0 N–H and O–H groups in total. The molecule has 0 spiro atoms. The zero-order chi connectivity index (χ0) is 11.5. The van der Waals surface area contributed by atoms with E-state index in [2.05, 4.69) is 13.8 Å². The van der Waals surface area contributed by atoms with Crippen LogP contribution in [0.2, 0.25) is 0 Å². The van der Waals surface area contributed by atoms with Gasteiger partial charge in [-0.2, -0.15) is 0 Å². The fraction of sp³-hybridized carbons (Fsp3) is 0.643. The van der Waals surface area contributed by atoms with Gasteiger partial charge < -0.3 is 4.42 Å². The number of furan rings is 1. The van der Waals surface area contributed by atoms with Gasteiger partial charge in [-0.05, 0) is 36.8 Å². The lowest BCUT2D eigenvalue weighted by Gasteiger charge is -2.30. The molecular formula is C14H20O2. The van der Waals surface area contributed by atoms with Crippen LogP contribution in [0.1, 0.15) is 38.9 Å². The maximum atomic E-state index is 11.8. The van der Waals surface area contributed by atoms with Crippen LogP contribution in [0.5, 0.6) is 0 Å². The predicted molar refractivity (Wildman–Crippen MR) is 63.1 cm³/mol. The summed E-state index contributed by atoms with van der Waals surface area (Å²) >= 11 is 0. The van der Waals surface area contributed by atoms with Crippen molar-refractivity contribution in [2.45, 2.75) is 39.5 Å². The highest BCUT2D eigenvalue weighted by atomic mass is 16.3. The molecule has 0 aromatic carbocycles. The fourth-order valence-corrected chi connectivity index (χ4v) is 2.62. The molecule has 2 heteroatoms. The van der Waals surface area contributed by atoms with Crippen molar-refractivity contribution in [2.75, 3.05) is 0 Å². The maximum Gasteiger partial charge on any atom is 0.136 e. The van der Waals surface area contributed by atoms with E-state index in [1.807, 2.05) is 12.1 Å². The summed E-state index contributed by atoms with van der Waals surface area (Å²) in [6.07, 6.45) is 5.34. The second kappa shape index (κ2) is 4.86. The molecule has 2 nitrogen and oxygen atoms in total. The molecule has 2 atom stereocenters. The average molecular weight is 220 g/mol. The van der Waals surface area contributed by atoms with Crippen molar-refractivity contribution in [2.24, 2.45) is 17.8 Å². The Labute approximate surface area is 97.0 Å². The Hall–Kier alpha value is -1.05. The first-order valence-corrected chi connectivity index (χ1v) is 6.22. The highest BCUT2D eigenvalue weighted by Gasteiger charge is 2.30. The van der Waals surface area contributed by atoms with Gasteiger partial charge in [0.2, 0.25) is 0 Å². The molecule has 1 aliphatic carbocycles. The Kier molecular flexibility index (Phi) is 3.47. The lowest BCUT2D eigenvalue weighted by atomic mass is 9.74. The zero-order valence-electron chi connectivity index (χ0n) is 10.1. The number of ketones is 1. The van der Waals surface area contributed by atoms with Gasteiger partial charge in [0.15, 0.2) is 0 Å². The monoisotopic (exact) mass is 220 g/mol. The molecule has 0 radical (unpaired) electrons. The second-order valence-electron chi connectivity index (χ2n) is 5.23. The minimum atomic E-state index is 0.187. The lowest BCUT2D eigenvalue weighted by Crippen LogP contribution is -2.28. The number of carbonyl (C=O) groups excluding carboxylic acids is 1. The van der Waals surface area contributed by atoms with E-state index in [1.54, 1.807) is 6.26 Å². The van der Waals surface area contributed by atoms with Crippen LogP contribution in [-0.2, 0) is 11.2 Å². The van der Waals surface area contributed by atoms with E-state index in [9.17, 15) is 4.79 Å². The van der Waals surface area contributed by atoms with E-state index >= 15 is 0 Å². The number of hydrogen-bond donors (Lipinski definition) is 0. The smallest absolute Gasteiger partial charge is 0.136 e. The first-order chi connectivity index (χ1) is 7.66. The highest BCUT2D eigenvalue weighted by Crippen LogP contribution is 2.33. The summed E-state index contributed by atoms with van der Waals surface area (Å²) in [6, 6.07) is 3.86. The van der Waals surface area contributed by atoms with Gasteiger partial charge in [-0.15, -0.1) is 0 Å². The molecule has 1 aliphatic rings. The molecule has 2 unspecified atom stereocenters. The predicted octanol–water partition coefficient (Wildman–Crippen LogP) is 3.46. The highest BCUT2D eigenvalue weighted by molar-refractivity contribution is 5.81. The van der Waals surface area contributed by atoms with Crippen molar-refractivity contribution in [3.8, 4) is 0 Å². The third-order valence-electron chi connectivity index (χ3n) is 3.77. The standard InChI is InChI=1S/C14H20O2/c1-10(2)11-5-6-14(15)12(8-11)9-13-4-3-7-16-13/h3-4,7,10-12H,5-6,8-9H2,1-2H3. The van der Waals surface area contributed by atoms with E-state index in [1.165, 1.54) is 0 Å². The SMILES string of the molecule is CC(C)C1CCC(=O)C(Cc2ccco2)C1. The quantitative estimate of drug-likeness (QED) is 0.780. The third-order valence-corrected chi connectivity index (χ3v) is 3.77. The van der Waals surface area contributed by atoms with E-state index in [0.29, 0.717) is 17.6 Å². The zero-order valence-corrected chi connectivity index (χ0v) is 10.1. The lowest BCUT2D eigenvalue weighted by molar-refractivity contribution is -0.126. The van der Waals surface area contributed by atoms with Crippen LogP contribution in [0.4, 0.5) is 0 Å². The molecule has 1 fully saturated rings. The summed E-state index contributed by atoms with van der Waals surface area (Å²) in [5.41, 5.74) is 0. The molecule has 1 heterocycles. The molecular weight excluding hydrogens is 200 g/mol. The van der Waals surface area contributed by atoms with Crippen LogP contribution in [0.15, 0.2) is 22.8 Å². The molecule has 2 rings (SSSR count). The summed E-state index contributed by atoms with van der Waals surface area (Å²) < 4.78 is 5.33. The van der Waals surface area contributed by atoms with Crippen molar-refractivity contribution in [1.29, 1.82) is 0 Å². The molecule has 1 aromatic heterocycles. The van der Waals surface area contributed by atoms with Gasteiger partial charge in [-0.1, -0.05) is 13.8 Å². The van der Waals surface area contributed by atoms with Crippen LogP contribution in [-0.4, -0.2) is 5.78 Å². The van der Waals surface area contributed by atoms with Crippen molar-refractivity contribution < 1.29 is 9.21 Å². The van der Waals surface area contributed by atoms with Gasteiger partial charge in [0.1, 0.15) is 11.5 Å². The Morgan fingerprint density at radius 2 is 2.31 bits per heavy atom. The molecule has 0 bridgehead atoms. The summed E-state index contributed by atoms with van der Waals surface area (Å²) in [4.78, 5) is 11.8. The van der Waals surface area contributed by atoms with Gasteiger partial charge in [0, 0.05) is 18.8 Å².